The van der Waals surface area contributed by atoms with Gasteiger partial charge in [0.05, 0.1) is 19.8 Å². The van der Waals surface area contributed by atoms with Gasteiger partial charge in [0.1, 0.15) is 5.75 Å². The maximum atomic E-state index is 13.8. The lowest BCUT2D eigenvalue weighted by Gasteiger charge is -2.30. The van der Waals surface area contributed by atoms with E-state index in [4.69, 9.17) is 9.47 Å². The van der Waals surface area contributed by atoms with E-state index in [0.29, 0.717) is 22.4 Å². The molecule has 0 saturated heterocycles. The topological polar surface area (TPSA) is 38.7 Å². The first-order valence-corrected chi connectivity index (χ1v) is 11.9. The number of ether oxygens (including phenoxy) is 2. The molecule has 0 unspecified atom stereocenters. The Labute approximate surface area is 208 Å². The van der Waals surface area contributed by atoms with Crippen molar-refractivity contribution in [2.75, 3.05) is 14.2 Å². The molecule has 186 valence electrons. The first-order chi connectivity index (χ1) is 17.2. The second-order valence-electron chi connectivity index (χ2n) is 9.16. The summed E-state index contributed by atoms with van der Waals surface area (Å²) in [6.07, 6.45) is -3.00. The molecule has 1 aliphatic carbocycles. The summed E-state index contributed by atoms with van der Waals surface area (Å²) < 4.78 is 52.4. The monoisotopic (exact) mass is 492 g/mol. The molecule has 1 aliphatic rings. The lowest BCUT2D eigenvalue weighted by molar-refractivity contribution is -0.137. The zero-order chi connectivity index (χ0) is 25.8. The van der Waals surface area contributed by atoms with Gasteiger partial charge in [-0.05, 0) is 81.9 Å². The van der Waals surface area contributed by atoms with Crippen LogP contribution >= 0.6 is 0 Å². The van der Waals surface area contributed by atoms with Crippen molar-refractivity contribution in [3.8, 4) is 39.5 Å². The summed E-state index contributed by atoms with van der Waals surface area (Å²) in [5, 5.41) is 12.5. The third kappa shape index (κ3) is 3.34. The minimum absolute atomic E-state index is 0.131. The molecule has 3 nitrogen and oxygen atoms in total. The molecule has 0 atom stereocenters. The molecule has 0 heterocycles. The normalized spacial score (nSPS) is 14.0. The van der Waals surface area contributed by atoms with Gasteiger partial charge in [-0.2, -0.15) is 13.2 Å². The van der Waals surface area contributed by atoms with E-state index in [0.717, 1.165) is 46.5 Å². The van der Waals surface area contributed by atoms with Crippen molar-refractivity contribution >= 4 is 10.8 Å². The average Bonchev–Trinajstić information content (AvgIpc) is 3.16. The Hall–Kier alpha value is -3.67. The van der Waals surface area contributed by atoms with Gasteiger partial charge in [0, 0.05) is 10.8 Å². The summed E-state index contributed by atoms with van der Waals surface area (Å²) in [4.78, 5) is 0. The largest absolute Gasteiger partial charge is 0.507 e. The highest BCUT2D eigenvalue weighted by Gasteiger charge is 2.43. The fraction of sp³-hybridized carbons (Fsp3) is 0.267. The fourth-order valence-corrected chi connectivity index (χ4v) is 5.86. The number of rotatable bonds is 5. The molecule has 0 aromatic heterocycles. The van der Waals surface area contributed by atoms with Crippen molar-refractivity contribution in [2.24, 2.45) is 0 Å². The van der Waals surface area contributed by atoms with Gasteiger partial charge >= 0.3 is 6.18 Å². The lowest BCUT2D eigenvalue weighted by atomic mass is 9.73. The second-order valence-corrected chi connectivity index (χ2v) is 9.16. The zero-order valence-electron chi connectivity index (χ0n) is 20.6. The molecular formula is C30H27F3O3. The van der Waals surface area contributed by atoms with Crippen LogP contribution < -0.4 is 9.47 Å². The molecule has 0 amide bonds. The summed E-state index contributed by atoms with van der Waals surface area (Å²) in [6.45, 7) is 4.16. The Kier molecular flexibility index (Phi) is 5.66. The third-order valence-electron chi connectivity index (χ3n) is 7.69. The molecule has 36 heavy (non-hydrogen) atoms. The summed E-state index contributed by atoms with van der Waals surface area (Å²) in [5.41, 5.74) is 3.44. The number of methoxy groups -OCH3 is 2. The molecule has 0 bridgehead atoms. The number of benzene rings is 4. The Morgan fingerprint density at radius 3 is 2.03 bits per heavy atom. The van der Waals surface area contributed by atoms with Crippen LogP contribution in [-0.2, 0) is 11.6 Å². The van der Waals surface area contributed by atoms with Gasteiger partial charge < -0.3 is 14.6 Å². The summed E-state index contributed by atoms with van der Waals surface area (Å²) >= 11 is 0. The van der Waals surface area contributed by atoms with Gasteiger partial charge in [0.25, 0.3) is 0 Å². The zero-order valence-corrected chi connectivity index (χ0v) is 20.6. The van der Waals surface area contributed by atoms with Gasteiger partial charge in [0.2, 0.25) is 0 Å². The minimum atomic E-state index is -4.46. The van der Waals surface area contributed by atoms with Crippen LogP contribution in [0.1, 0.15) is 43.4 Å². The Morgan fingerprint density at radius 2 is 1.42 bits per heavy atom. The molecule has 5 rings (SSSR count). The van der Waals surface area contributed by atoms with Crippen LogP contribution in [0.15, 0.2) is 60.7 Å². The van der Waals surface area contributed by atoms with Gasteiger partial charge in [-0.1, -0.05) is 44.2 Å². The molecular weight excluding hydrogens is 465 g/mol. The predicted octanol–water partition coefficient (Wildman–Crippen LogP) is 8.33. The van der Waals surface area contributed by atoms with E-state index in [1.54, 1.807) is 38.5 Å². The Morgan fingerprint density at radius 1 is 0.778 bits per heavy atom. The number of phenols is 1. The van der Waals surface area contributed by atoms with Crippen LogP contribution in [0.2, 0.25) is 0 Å². The second kappa shape index (κ2) is 8.47. The van der Waals surface area contributed by atoms with Crippen LogP contribution in [0.25, 0.3) is 33.0 Å². The van der Waals surface area contributed by atoms with E-state index in [2.05, 4.69) is 13.8 Å². The first-order valence-electron chi connectivity index (χ1n) is 11.9. The van der Waals surface area contributed by atoms with Crippen molar-refractivity contribution in [2.45, 2.75) is 38.3 Å². The summed E-state index contributed by atoms with van der Waals surface area (Å²) in [5.74, 6) is 1.18. The van der Waals surface area contributed by atoms with Gasteiger partial charge in [0.15, 0.2) is 11.5 Å². The predicted molar refractivity (Wildman–Crippen MR) is 136 cm³/mol. The van der Waals surface area contributed by atoms with Crippen molar-refractivity contribution in [1.29, 1.82) is 0 Å². The maximum Gasteiger partial charge on any atom is 0.417 e. The quantitative estimate of drug-likeness (QED) is 0.304. The number of hydrogen-bond donors (Lipinski definition) is 1. The fourth-order valence-electron chi connectivity index (χ4n) is 5.86. The van der Waals surface area contributed by atoms with Crippen molar-refractivity contribution < 1.29 is 27.8 Å². The van der Waals surface area contributed by atoms with Crippen LogP contribution in [0.3, 0.4) is 0 Å². The molecule has 4 aromatic carbocycles. The Balaban J connectivity index is 1.84. The van der Waals surface area contributed by atoms with Crippen molar-refractivity contribution in [1.82, 2.24) is 0 Å². The van der Waals surface area contributed by atoms with Gasteiger partial charge in [-0.15, -0.1) is 0 Å². The summed E-state index contributed by atoms with van der Waals surface area (Å²) in [6, 6.07) is 16.7. The van der Waals surface area contributed by atoms with E-state index in [1.807, 2.05) is 18.2 Å². The van der Waals surface area contributed by atoms with Crippen LogP contribution in [0, 0.1) is 0 Å². The molecule has 4 aromatic rings. The highest BCUT2D eigenvalue weighted by Crippen LogP contribution is 2.57. The standard InChI is InChI=1S/C30H27F3O3/c1-5-29(6-2)23-13-17(18-9-7-8-10-22(18)30(31,32)33)11-12-19(23)28-21-15-27(36-4)26(35-3)14-20(21)25(34)16-24(28)29/h7-16,34H,5-6H2,1-4H3. The van der Waals surface area contributed by atoms with E-state index in [-0.39, 0.29) is 11.3 Å². The van der Waals surface area contributed by atoms with Crippen LogP contribution in [0.4, 0.5) is 13.2 Å². The van der Waals surface area contributed by atoms with Crippen molar-refractivity contribution in [3.05, 3.63) is 77.4 Å². The summed E-state index contributed by atoms with van der Waals surface area (Å²) in [7, 11) is 3.11. The van der Waals surface area contributed by atoms with E-state index in [9.17, 15) is 18.3 Å². The maximum absolute atomic E-state index is 13.8. The van der Waals surface area contributed by atoms with Crippen LogP contribution in [0.5, 0.6) is 17.2 Å². The number of fused-ring (bicyclic) bond motifs is 5. The molecule has 1 N–H and O–H groups in total. The first kappa shape index (κ1) is 24.0. The molecule has 0 radical (unpaired) electrons. The smallest absolute Gasteiger partial charge is 0.417 e. The lowest BCUT2D eigenvalue weighted by Crippen LogP contribution is -2.23. The number of hydrogen-bond acceptors (Lipinski definition) is 3. The Bertz CT molecular complexity index is 1480. The third-order valence-corrected chi connectivity index (χ3v) is 7.69. The molecule has 6 heteroatoms. The van der Waals surface area contributed by atoms with Gasteiger partial charge in [-0.3, -0.25) is 0 Å². The number of phenolic OH excluding ortho intramolecular Hbond substituents is 1. The highest BCUT2D eigenvalue weighted by molar-refractivity contribution is 6.06. The average molecular weight is 493 g/mol. The molecule has 0 aliphatic heterocycles. The van der Waals surface area contributed by atoms with E-state index < -0.39 is 17.2 Å². The van der Waals surface area contributed by atoms with Crippen LogP contribution in [-0.4, -0.2) is 19.3 Å². The number of halogens is 3. The highest BCUT2D eigenvalue weighted by atomic mass is 19.4. The van der Waals surface area contributed by atoms with Crippen molar-refractivity contribution in [3.63, 3.8) is 0 Å². The molecule has 0 saturated carbocycles. The van der Waals surface area contributed by atoms with E-state index in [1.165, 1.54) is 12.1 Å². The molecule has 0 spiro atoms. The molecule has 0 fully saturated rings. The SMILES string of the molecule is CCC1(CC)c2cc(-c3ccccc3C(F)(F)F)ccc2-c2c1cc(O)c1cc(OC)c(OC)cc21. The minimum Gasteiger partial charge on any atom is -0.507 e. The van der Waals surface area contributed by atoms with E-state index >= 15 is 0 Å². The number of alkyl halides is 3. The number of aromatic hydroxyl groups is 1. The van der Waals surface area contributed by atoms with Gasteiger partial charge in [-0.25, -0.2) is 0 Å².